The van der Waals surface area contributed by atoms with Crippen LogP contribution in [0.2, 0.25) is 0 Å². The molecule has 2 rings (SSSR count). The van der Waals surface area contributed by atoms with Crippen LogP contribution in [0.15, 0.2) is 45.6 Å². The maximum absolute atomic E-state index is 11.5. The third kappa shape index (κ3) is 3.20. The van der Waals surface area contributed by atoms with Gasteiger partial charge in [0.25, 0.3) is 0 Å². The Bertz CT molecular complexity index is 567. The maximum Gasteiger partial charge on any atom is 0.437 e. The zero-order valence-electron chi connectivity index (χ0n) is 10.4. The van der Waals surface area contributed by atoms with Crippen molar-refractivity contribution in [2.45, 2.75) is 26.3 Å². The first-order valence-electron chi connectivity index (χ1n) is 6.08. The van der Waals surface area contributed by atoms with Gasteiger partial charge in [-0.05, 0) is 12.0 Å². The van der Waals surface area contributed by atoms with E-state index in [0.29, 0.717) is 18.9 Å². The Morgan fingerprint density at radius 3 is 2.83 bits per heavy atom. The van der Waals surface area contributed by atoms with E-state index < -0.39 is 5.76 Å². The minimum absolute atomic E-state index is 0.392. The van der Waals surface area contributed by atoms with Crippen LogP contribution < -0.4 is 5.76 Å². The highest BCUT2D eigenvalue weighted by molar-refractivity contribution is 5.48. The Balaban J connectivity index is 2.02. The highest BCUT2D eigenvalue weighted by Crippen LogP contribution is 2.01. The van der Waals surface area contributed by atoms with Crippen LogP contribution in [0.4, 0.5) is 0 Å². The quantitative estimate of drug-likeness (QED) is 0.812. The molecule has 0 aliphatic heterocycles. The van der Waals surface area contributed by atoms with Gasteiger partial charge in [0.2, 0.25) is 5.89 Å². The molecule has 0 aliphatic rings. The van der Waals surface area contributed by atoms with Crippen molar-refractivity contribution in [2.75, 3.05) is 0 Å². The van der Waals surface area contributed by atoms with Gasteiger partial charge in [-0.15, -0.1) is 5.10 Å². The number of hydrogen-bond donors (Lipinski definition) is 0. The average molecular weight is 244 g/mol. The third-order valence-electron chi connectivity index (χ3n) is 2.50. The smallest absolute Gasteiger partial charge is 0.392 e. The molecule has 18 heavy (non-hydrogen) atoms. The Labute approximate surface area is 106 Å². The normalized spacial score (nSPS) is 11.2. The first-order chi connectivity index (χ1) is 8.79. The minimum Gasteiger partial charge on any atom is -0.392 e. The number of rotatable bonds is 5. The second kappa shape index (κ2) is 6.00. The molecule has 0 amide bonds. The maximum atomic E-state index is 11.5. The van der Waals surface area contributed by atoms with E-state index in [2.05, 4.69) is 5.10 Å². The van der Waals surface area contributed by atoms with Crippen molar-refractivity contribution in [1.29, 1.82) is 0 Å². The largest absolute Gasteiger partial charge is 0.437 e. The van der Waals surface area contributed by atoms with Crippen LogP contribution in [0.25, 0.3) is 6.08 Å². The molecule has 0 saturated carbocycles. The number of hydrogen-bond acceptors (Lipinski definition) is 3. The fourth-order valence-corrected chi connectivity index (χ4v) is 1.63. The summed E-state index contributed by atoms with van der Waals surface area (Å²) in [7, 11) is 0. The Morgan fingerprint density at radius 1 is 1.33 bits per heavy atom. The average Bonchev–Trinajstić information content (AvgIpc) is 2.72. The zero-order chi connectivity index (χ0) is 12.8. The van der Waals surface area contributed by atoms with Crippen molar-refractivity contribution >= 4 is 6.08 Å². The fraction of sp³-hybridized carbons (Fsp3) is 0.286. The molecule has 1 aromatic carbocycles. The summed E-state index contributed by atoms with van der Waals surface area (Å²) < 4.78 is 6.36. The summed E-state index contributed by atoms with van der Waals surface area (Å²) >= 11 is 0. The van der Waals surface area contributed by atoms with Crippen molar-refractivity contribution in [3.63, 3.8) is 0 Å². The van der Waals surface area contributed by atoms with Crippen molar-refractivity contribution in [1.82, 2.24) is 9.78 Å². The molecule has 0 spiro atoms. The lowest BCUT2D eigenvalue weighted by molar-refractivity contribution is 0.449. The number of aryl methyl sites for hydroxylation is 1. The van der Waals surface area contributed by atoms with Crippen LogP contribution in [0.3, 0.4) is 0 Å². The SMILES string of the molecule is CCCc1nn(CC=Cc2ccccc2)c(=O)o1. The van der Waals surface area contributed by atoms with Crippen LogP contribution in [0.1, 0.15) is 24.8 Å². The number of aromatic nitrogens is 2. The van der Waals surface area contributed by atoms with Gasteiger partial charge in [-0.1, -0.05) is 49.4 Å². The zero-order valence-corrected chi connectivity index (χ0v) is 10.4. The fourth-order valence-electron chi connectivity index (χ4n) is 1.63. The summed E-state index contributed by atoms with van der Waals surface area (Å²) in [5.41, 5.74) is 1.10. The summed E-state index contributed by atoms with van der Waals surface area (Å²) in [6, 6.07) is 9.92. The van der Waals surface area contributed by atoms with Gasteiger partial charge in [-0.2, -0.15) is 4.68 Å². The molecule has 4 heteroatoms. The van der Waals surface area contributed by atoms with E-state index >= 15 is 0 Å². The van der Waals surface area contributed by atoms with Crippen molar-refractivity contribution < 1.29 is 4.42 Å². The molecule has 0 unspecified atom stereocenters. The second-order valence-corrected chi connectivity index (χ2v) is 4.01. The van der Waals surface area contributed by atoms with E-state index in [1.165, 1.54) is 4.68 Å². The first-order valence-corrected chi connectivity index (χ1v) is 6.08. The minimum atomic E-state index is -0.392. The number of benzene rings is 1. The van der Waals surface area contributed by atoms with E-state index in [9.17, 15) is 4.79 Å². The molecular formula is C14H16N2O2. The lowest BCUT2D eigenvalue weighted by Crippen LogP contribution is -2.14. The number of nitrogens with zero attached hydrogens (tertiary/aromatic N) is 2. The van der Waals surface area contributed by atoms with Crippen LogP contribution in [-0.2, 0) is 13.0 Å². The second-order valence-electron chi connectivity index (χ2n) is 4.01. The third-order valence-corrected chi connectivity index (χ3v) is 2.50. The van der Waals surface area contributed by atoms with Crippen LogP contribution in [0.5, 0.6) is 0 Å². The molecule has 0 saturated heterocycles. The van der Waals surface area contributed by atoms with Crippen LogP contribution in [0, 0.1) is 0 Å². The molecule has 0 N–H and O–H groups in total. The lowest BCUT2D eigenvalue weighted by atomic mass is 10.2. The molecule has 0 bridgehead atoms. The van der Waals surface area contributed by atoms with Gasteiger partial charge in [0.05, 0.1) is 6.54 Å². The topological polar surface area (TPSA) is 48.0 Å². The van der Waals surface area contributed by atoms with Crippen molar-refractivity contribution in [3.8, 4) is 0 Å². The molecule has 4 nitrogen and oxygen atoms in total. The van der Waals surface area contributed by atoms with Gasteiger partial charge in [-0.3, -0.25) is 0 Å². The van der Waals surface area contributed by atoms with Gasteiger partial charge in [0.1, 0.15) is 0 Å². The Kier molecular flexibility index (Phi) is 4.12. The van der Waals surface area contributed by atoms with Gasteiger partial charge in [0.15, 0.2) is 0 Å². The highest BCUT2D eigenvalue weighted by Gasteiger charge is 2.04. The van der Waals surface area contributed by atoms with Gasteiger partial charge in [0, 0.05) is 6.42 Å². The van der Waals surface area contributed by atoms with Crippen LogP contribution >= 0.6 is 0 Å². The van der Waals surface area contributed by atoms with Crippen LogP contribution in [-0.4, -0.2) is 9.78 Å². The van der Waals surface area contributed by atoms with E-state index in [0.717, 1.165) is 12.0 Å². The summed E-state index contributed by atoms with van der Waals surface area (Å²) in [5.74, 6) is 0.117. The van der Waals surface area contributed by atoms with E-state index in [-0.39, 0.29) is 0 Å². The molecule has 0 radical (unpaired) electrons. The molecule has 94 valence electrons. The monoisotopic (exact) mass is 244 g/mol. The molecular weight excluding hydrogens is 228 g/mol. The number of allylic oxidation sites excluding steroid dienone is 1. The molecule has 0 aliphatic carbocycles. The highest BCUT2D eigenvalue weighted by atomic mass is 16.4. The van der Waals surface area contributed by atoms with Gasteiger partial charge in [-0.25, -0.2) is 4.79 Å². The summed E-state index contributed by atoms with van der Waals surface area (Å²) in [6.45, 7) is 2.45. The predicted molar refractivity (Wildman–Crippen MR) is 70.2 cm³/mol. The predicted octanol–water partition coefficient (Wildman–Crippen LogP) is 2.50. The van der Waals surface area contributed by atoms with E-state index in [4.69, 9.17) is 4.42 Å². The summed E-state index contributed by atoms with van der Waals surface area (Å²) in [5, 5.41) is 4.12. The van der Waals surface area contributed by atoms with Crippen molar-refractivity contribution in [2.24, 2.45) is 0 Å². The first kappa shape index (κ1) is 12.4. The van der Waals surface area contributed by atoms with Gasteiger partial charge < -0.3 is 4.42 Å². The standard InChI is InChI=1S/C14H16N2O2/c1-2-7-13-15-16(14(17)18-13)11-6-10-12-8-4-3-5-9-12/h3-6,8-10H,2,7,11H2,1H3. The summed E-state index contributed by atoms with van der Waals surface area (Å²) in [4.78, 5) is 11.5. The van der Waals surface area contributed by atoms with Crippen molar-refractivity contribution in [3.05, 3.63) is 58.4 Å². The summed E-state index contributed by atoms with van der Waals surface area (Å²) in [6.07, 6.45) is 5.47. The van der Waals surface area contributed by atoms with E-state index in [1.807, 2.05) is 49.4 Å². The molecule has 0 fully saturated rings. The Morgan fingerprint density at radius 2 is 2.11 bits per heavy atom. The molecule has 2 aromatic rings. The Hall–Kier alpha value is -2.10. The molecule has 1 aromatic heterocycles. The van der Waals surface area contributed by atoms with E-state index in [1.54, 1.807) is 0 Å². The molecule has 1 heterocycles. The van der Waals surface area contributed by atoms with Gasteiger partial charge >= 0.3 is 5.76 Å². The lowest BCUT2D eigenvalue weighted by Gasteiger charge is -1.92. The molecule has 0 atom stereocenters.